The highest BCUT2D eigenvalue weighted by Crippen LogP contribution is 2.36. The fraction of sp³-hybridized carbons (Fsp3) is 0.227. The van der Waals surface area contributed by atoms with E-state index >= 15 is 0 Å². The van der Waals surface area contributed by atoms with Crippen molar-refractivity contribution in [1.82, 2.24) is 8.87 Å². The van der Waals surface area contributed by atoms with E-state index in [1.165, 1.54) is 18.4 Å². The van der Waals surface area contributed by atoms with Crippen LogP contribution in [-0.2, 0) is 16.6 Å². The molecule has 0 spiro atoms. The first-order chi connectivity index (χ1) is 14.2. The molecule has 0 bridgehead atoms. The summed E-state index contributed by atoms with van der Waals surface area (Å²) in [5.74, 6) is -1.01. The fourth-order valence-corrected chi connectivity index (χ4v) is 4.46. The maximum Gasteiger partial charge on any atom is 0.335 e. The topological polar surface area (TPSA) is 106 Å². The molecule has 3 N–H and O–H groups in total. The number of nitrogens with zero attached hydrogens (tertiary/aromatic N) is 2. The average Bonchev–Trinajstić information content (AvgIpc) is 2.99. The molecule has 0 aliphatic heterocycles. The second kappa shape index (κ2) is 8.43. The molecule has 8 heteroatoms. The van der Waals surface area contributed by atoms with E-state index in [1.54, 1.807) is 36.4 Å². The molecule has 30 heavy (non-hydrogen) atoms. The van der Waals surface area contributed by atoms with E-state index < -0.39 is 16.0 Å². The summed E-state index contributed by atoms with van der Waals surface area (Å²) in [6.07, 6.45) is 3.81. The summed E-state index contributed by atoms with van der Waals surface area (Å²) in [6, 6.07) is 11.7. The van der Waals surface area contributed by atoms with E-state index in [-0.39, 0.29) is 10.5 Å². The third-order valence-corrected chi connectivity index (χ3v) is 6.87. The monoisotopic (exact) mass is 427 g/mol. The van der Waals surface area contributed by atoms with Crippen molar-refractivity contribution >= 4 is 26.9 Å². The Morgan fingerprint density at radius 3 is 2.53 bits per heavy atom. The Bertz CT molecular complexity index is 1240. The second-order valence-corrected chi connectivity index (χ2v) is 9.28. The molecule has 1 aromatic heterocycles. The van der Waals surface area contributed by atoms with Gasteiger partial charge in [0.15, 0.2) is 0 Å². The van der Waals surface area contributed by atoms with Crippen molar-refractivity contribution in [3.8, 4) is 11.1 Å². The molecule has 1 heterocycles. The van der Waals surface area contributed by atoms with Crippen LogP contribution in [0.4, 0.5) is 0 Å². The minimum Gasteiger partial charge on any atom is -0.478 e. The van der Waals surface area contributed by atoms with Gasteiger partial charge in [-0.3, -0.25) is 0 Å². The van der Waals surface area contributed by atoms with Gasteiger partial charge in [-0.2, -0.15) is 0 Å². The SMILES string of the molecule is Cc1c(-c2cccc(S(=O)(=O)N(C)C)c2)c2cc(C(=O)O)ccc2n1C/C=C/CN. The van der Waals surface area contributed by atoms with Crippen molar-refractivity contribution in [3.63, 3.8) is 0 Å². The smallest absolute Gasteiger partial charge is 0.335 e. The van der Waals surface area contributed by atoms with Gasteiger partial charge in [0.2, 0.25) is 10.0 Å². The van der Waals surface area contributed by atoms with Crippen LogP contribution in [0.2, 0.25) is 0 Å². The van der Waals surface area contributed by atoms with Crippen LogP contribution in [0.1, 0.15) is 16.1 Å². The Balaban J connectivity index is 2.30. The number of allylic oxidation sites excluding steroid dienone is 1. The highest BCUT2D eigenvalue weighted by Gasteiger charge is 2.21. The molecule has 0 atom stereocenters. The molecule has 0 saturated heterocycles. The van der Waals surface area contributed by atoms with Gasteiger partial charge in [-0.15, -0.1) is 0 Å². The molecule has 7 nitrogen and oxygen atoms in total. The first kappa shape index (κ1) is 21.8. The van der Waals surface area contributed by atoms with Crippen molar-refractivity contribution < 1.29 is 18.3 Å². The molecule has 0 fully saturated rings. The van der Waals surface area contributed by atoms with Gasteiger partial charge in [0.1, 0.15) is 0 Å². The molecule has 0 saturated carbocycles. The average molecular weight is 428 g/mol. The Hall–Kier alpha value is -2.94. The number of aromatic carboxylic acids is 1. The number of carboxylic acids is 1. The highest BCUT2D eigenvalue weighted by molar-refractivity contribution is 7.89. The summed E-state index contributed by atoms with van der Waals surface area (Å²) in [5, 5.41) is 10.2. The zero-order valence-electron chi connectivity index (χ0n) is 17.2. The molecule has 2 aromatic carbocycles. The lowest BCUT2D eigenvalue weighted by atomic mass is 10.0. The molecule has 0 unspecified atom stereocenters. The van der Waals surface area contributed by atoms with E-state index in [1.807, 2.05) is 25.1 Å². The predicted octanol–water partition coefficient (Wildman–Crippen LogP) is 3.08. The number of aromatic nitrogens is 1. The van der Waals surface area contributed by atoms with Crippen LogP contribution in [0.3, 0.4) is 0 Å². The van der Waals surface area contributed by atoms with Crippen molar-refractivity contribution in [3.05, 3.63) is 65.9 Å². The maximum absolute atomic E-state index is 12.6. The van der Waals surface area contributed by atoms with Crippen LogP contribution < -0.4 is 5.73 Å². The Labute approximate surface area is 176 Å². The maximum atomic E-state index is 12.6. The van der Waals surface area contributed by atoms with Gasteiger partial charge in [-0.1, -0.05) is 24.3 Å². The number of carboxylic acid groups (broad SMARTS) is 1. The zero-order valence-corrected chi connectivity index (χ0v) is 18.0. The number of rotatable bonds is 7. The van der Waals surface area contributed by atoms with Crippen molar-refractivity contribution in [1.29, 1.82) is 0 Å². The fourth-order valence-electron chi connectivity index (χ4n) is 3.51. The molecular weight excluding hydrogens is 402 g/mol. The summed E-state index contributed by atoms with van der Waals surface area (Å²) >= 11 is 0. The Morgan fingerprint density at radius 2 is 1.90 bits per heavy atom. The predicted molar refractivity (Wildman–Crippen MR) is 118 cm³/mol. The first-order valence-electron chi connectivity index (χ1n) is 9.42. The number of nitrogens with two attached hydrogens (primary N) is 1. The molecule has 3 aromatic rings. The molecule has 0 radical (unpaired) electrons. The normalized spacial score (nSPS) is 12.3. The Kier molecular flexibility index (Phi) is 6.12. The largest absolute Gasteiger partial charge is 0.478 e. The van der Waals surface area contributed by atoms with Gasteiger partial charge in [0, 0.05) is 49.3 Å². The summed E-state index contributed by atoms with van der Waals surface area (Å²) < 4.78 is 28.5. The van der Waals surface area contributed by atoms with Gasteiger partial charge in [-0.25, -0.2) is 17.5 Å². The molecule has 0 aliphatic carbocycles. The lowest BCUT2D eigenvalue weighted by Gasteiger charge is -2.13. The lowest BCUT2D eigenvalue weighted by Crippen LogP contribution is -2.22. The highest BCUT2D eigenvalue weighted by atomic mass is 32.2. The number of benzene rings is 2. The molecular formula is C22H25N3O4S. The summed E-state index contributed by atoms with van der Waals surface area (Å²) in [6.45, 7) is 2.94. The number of fused-ring (bicyclic) bond motifs is 1. The summed E-state index contributed by atoms with van der Waals surface area (Å²) in [7, 11) is -0.622. The first-order valence-corrected chi connectivity index (χ1v) is 10.9. The van der Waals surface area contributed by atoms with E-state index in [0.717, 1.165) is 22.2 Å². The molecule has 158 valence electrons. The summed E-state index contributed by atoms with van der Waals surface area (Å²) in [5.41, 5.74) is 9.03. The number of hydrogen-bond acceptors (Lipinski definition) is 4. The van der Waals surface area contributed by atoms with Gasteiger partial charge >= 0.3 is 5.97 Å². The molecule has 0 aliphatic rings. The van der Waals surface area contributed by atoms with Crippen LogP contribution in [0.25, 0.3) is 22.0 Å². The van der Waals surface area contributed by atoms with Gasteiger partial charge < -0.3 is 15.4 Å². The quantitative estimate of drug-likeness (QED) is 0.564. The van der Waals surface area contributed by atoms with Gasteiger partial charge in [0.25, 0.3) is 0 Å². The zero-order chi connectivity index (χ0) is 22.1. The Morgan fingerprint density at radius 1 is 1.17 bits per heavy atom. The van der Waals surface area contributed by atoms with Crippen LogP contribution in [-0.4, -0.2) is 49.0 Å². The van der Waals surface area contributed by atoms with Crippen molar-refractivity contribution in [2.45, 2.75) is 18.4 Å². The number of carbonyl (C=O) groups is 1. The minimum atomic E-state index is -3.60. The van der Waals surface area contributed by atoms with E-state index in [4.69, 9.17) is 5.73 Å². The van der Waals surface area contributed by atoms with E-state index in [9.17, 15) is 18.3 Å². The molecule has 3 rings (SSSR count). The van der Waals surface area contributed by atoms with E-state index in [0.29, 0.717) is 18.7 Å². The second-order valence-electron chi connectivity index (χ2n) is 7.13. The minimum absolute atomic E-state index is 0.176. The van der Waals surface area contributed by atoms with Crippen LogP contribution in [0.15, 0.2) is 59.5 Å². The van der Waals surface area contributed by atoms with E-state index in [2.05, 4.69) is 4.57 Å². The van der Waals surface area contributed by atoms with Gasteiger partial charge in [0.05, 0.1) is 10.5 Å². The van der Waals surface area contributed by atoms with Crippen LogP contribution >= 0.6 is 0 Å². The third kappa shape index (κ3) is 3.89. The lowest BCUT2D eigenvalue weighted by molar-refractivity contribution is 0.0697. The van der Waals surface area contributed by atoms with Gasteiger partial charge in [-0.05, 0) is 42.8 Å². The van der Waals surface area contributed by atoms with Crippen LogP contribution in [0.5, 0.6) is 0 Å². The van der Waals surface area contributed by atoms with Crippen molar-refractivity contribution in [2.75, 3.05) is 20.6 Å². The van der Waals surface area contributed by atoms with Crippen molar-refractivity contribution in [2.24, 2.45) is 5.73 Å². The number of hydrogen-bond donors (Lipinski definition) is 2. The number of sulfonamides is 1. The molecule has 0 amide bonds. The standard InChI is InChI=1S/C22H25N3O4S/c1-15-21(16-7-6-8-18(13-16)30(28,29)24(2)3)19-14-17(22(26)27)9-10-20(19)25(15)12-5-4-11-23/h4-10,13-14H,11-12,23H2,1-3H3,(H,26,27)/b5-4+. The van der Waals surface area contributed by atoms with Crippen LogP contribution in [0, 0.1) is 6.92 Å². The third-order valence-electron chi connectivity index (χ3n) is 5.06. The summed E-state index contributed by atoms with van der Waals surface area (Å²) in [4.78, 5) is 11.7.